The van der Waals surface area contributed by atoms with Gasteiger partial charge in [0.25, 0.3) is 0 Å². The molecule has 14 heavy (non-hydrogen) atoms. The van der Waals surface area contributed by atoms with Crippen molar-refractivity contribution in [3.8, 4) is 0 Å². The highest BCUT2D eigenvalue weighted by Gasteiger charge is 2.07. The Balaban J connectivity index is 2.42. The van der Waals surface area contributed by atoms with Crippen LogP contribution in [0.25, 0.3) is 0 Å². The quantitative estimate of drug-likeness (QED) is 0.589. The summed E-state index contributed by atoms with van der Waals surface area (Å²) in [6, 6.07) is 0. The van der Waals surface area contributed by atoms with Crippen LogP contribution in [0.15, 0.2) is 4.34 Å². The van der Waals surface area contributed by atoms with Crippen LogP contribution in [0.1, 0.15) is 17.5 Å². The topological polar surface area (TPSA) is 39.2 Å². The molecule has 0 aliphatic rings. The van der Waals surface area contributed by atoms with E-state index in [1.165, 1.54) is 16.6 Å². The van der Waals surface area contributed by atoms with Gasteiger partial charge in [-0.05, 0) is 20.8 Å². The zero-order chi connectivity index (χ0) is 10.6. The summed E-state index contributed by atoms with van der Waals surface area (Å²) >= 11 is 3.05. The maximum Gasteiger partial charge on any atom is 0.316 e. The molecule has 1 rings (SSSR count). The Hall–Kier alpha value is -0.550. The molecule has 0 saturated heterocycles. The van der Waals surface area contributed by atoms with Gasteiger partial charge in [-0.2, -0.15) is 0 Å². The Labute approximate surface area is 91.9 Å². The third kappa shape index (κ3) is 3.31. The van der Waals surface area contributed by atoms with Crippen molar-refractivity contribution in [1.82, 2.24) is 4.98 Å². The minimum Gasteiger partial charge on any atom is -0.465 e. The highest BCUT2D eigenvalue weighted by atomic mass is 32.2. The van der Waals surface area contributed by atoms with Crippen molar-refractivity contribution in [2.45, 2.75) is 25.1 Å². The third-order valence-electron chi connectivity index (χ3n) is 1.63. The SMILES string of the molecule is CCOC(=O)CSc1nc(C)c(C)s1. The van der Waals surface area contributed by atoms with Gasteiger partial charge in [0.05, 0.1) is 18.1 Å². The summed E-state index contributed by atoms with van der Waals surface area (Å²) in [6.45, 7) is 6.25. The van der Waals surface area contributed by atoms with Crippen molar-refractivity contribution >= 4 is 29.1 Å². The van der Waals surface area contributed by atoms with Crippen LogP contribution in [0, 0.1) is 13.8 Å². The lowest BCUT2D eigenvalue weighted by molar-refractivity contribution is -0.139. The number of rotatable bonds is 4. The van der Waals surface area contributed by atoms with E-state index in [1.54, 1.807) is 18.3 Å². The smallest absolute Gasteiger partial charge is 0.316 e. The van der Waals surface area contributed by atoms with E-state index in [4.69, 9.17) is 4.74 Å². The zero-order valence-electron chi connectivity index (χ0n) is 8.49. The summed E-state index contributed by atoms with van der Waals surface area (Å²) in [4.78, 5) is 16.6. The molecule has 0 radical (unpaired) electrons. The van der Waals surface area contributed by atoms with Crippen LogP contribution in [-0.2, 0) is 9.53 Å². The number of esters is 1. The molecule has 5 heteroatoms. The van der Waals surface area contributed by atoms with Gasteiger partial charge in [0, 0.05) is 4.88 Å². The Bertz CT molecular complexity index is 303. The summed E-state index contributed by atoms with van der Waals surface area (Å²) in [6.07, 6.45) is 0. The summed E-state index contributed by atoms with van der Waals surface area (Å²) < 4.78 is 5.76. The molecule has 0 spiro atoms. The first-order chi connectivity index (χ1) is 6.63. The average Bonchev–Trinajstić information content (AvgIpc) is 2.44. The lowest BCUT2D eigenvalue weighted by Gasteiger charge is -1.98. The van der Waals surface area contributed by atoms with Gasteiger partial charge in [-0.15, -0.1) is 11.3 Å². The van der Waals surface area contributed by atoms with Crippen molar-refractivity contribution in [2.24, 2.45) is 0 Å². The Morgan fingerprint density at radius 2 is 2.29 bits per heavy atom. The molecule has 1 aromatic rings. The van der Waals surface area contributed by atoms with Crippen molar-refractivity contribution in [3.63, 3.8) is 0 Å². The molecule has 0 aromatic carbocycles. The van der Waals surface area contributed by atoms with Gasteiger partial charge in [0.2, 0.25) is 0 Å². The van der Waals surface area contributed by atoms with E-state index in [2.05, 4.69) is 4.98 Å². The molecule has 0 aliphatic carbocycles. The molecule has 0 aliphatic heterocycles. The van der Waals surface area contributed by atoms with Crippen molar-refractivity contribution in [2.75, 3.05) is 12.4 Å². The molecule has 1 aromatic heterocycles. The maximum absolute atomic E-state index is 11.0. The van der Waals surface area contributed by atoms with Crippen LogP contribution in [0.3, 0.4) is 0 Å². The number of hydrogen-bond donors (Lipinski definition) is 0. The van der Waals surface area contributed by atoms with E-state index in [9.17, 15) is 4.79 Å². The number of hydrogen-bond acceptors (Lipinski definition) is 5. The second-order valence-corrected chi connectivity index (χ2v) is 5.14. The Morgan fingerprint density at radius 3 is 2.79 bits per heavy atom. The van der Waals surface area contributed by atoms with Crippen LogP contribution in [0.5, 0.6) is 0 Å². The lowest BCUT2D eigenvalue weighted by Crippen LogP contribution is -2.06. The van der Waals surface area contributed by atoms with E-state index in [0.29, 0.717) is 12.4 Å². The monoisotopic (exact) mass is 231 g/mol. The molecule has 0 saturated carbocycles. The fourth-order valence-electron chi connectivity index (χ4n) is 0.828. The number of aryl methyl sites for hydroxylation is 2. The van der Waals surface area contributed by atoms with Crippen LogP contribution >= 0.6 is 23.1 Å². The van der Waals surface area contributed by atoms with Crippen molar-refractivity contribution < 1.29 is 9.53 Å². The average molecular weight is 231 g/mol. The number of carbonyl (C=O) groups excluding carboxylic acids is 1. The number of nitrogens with zero attached hydrogens (tertiary/aromatic N) is 1. The number of thioether (sulfide) groups is 1. The molecule has 0 bridgehead atoms. The summed E-state index contributed by atoms with van der Waals surface area (Å²) in [5.74, 6) is 0.170. The highest BCUT2D eigenvalue weighted by Crippen LogP contribution is 2.26. The summed E-state index contributed by atoms with van der Waals surface area (Å²) in [5.41, 5.74) is 1.04. The Kier molecular flexibility index (Phi) is 4.41. The second kappa shape index (κ2) is 5.36. The molecular formula is C9H13NO2S2. The molecule has 0 amide bonds. The largest absolute Gasteiger partial charge is 0.465 e. The number of aromatic nitrogens is 1. The van der Waals surface area contributed by atoms with Gasteiger partial charge < -0.3 is 4.74 Å². The van der Waals surface area contributed by atoms with Gasteiger partial charge in [0.15, 0.2) is 4.34 Å². The molecule has 0 unspecified atom stereocenters. The summed E-state index contributed by atoms with van der Waals surface area (Å²) in [7, 11) is 0. The van der Waals surface area contributed by atoms with Crippen molar-refractivity contribution in [3.05, 3.63) is 10.6 Å². The van der Waals surface area contributed by atoms with Gasteiger partial charge in [-0.3, -0.25) is 4.79 Å². The van der Waals surface area contributed by atoms with E-state index < -0.39 is 0 Å². The van der Waals surface area contributed by atoms with Gasteiger partial charge in [-0.1, -0.05) is 11.8 Å². The predicted molar refractivity (Wildman–Crippen MR) is 58.9 cm³/mol. The van der Waals surface area contributed by atoms with Crippen LogP contribution in [0.4, 0.5) is 0 Å². The molecule has 0 atom stereocenters. The minimum atomic E-state index is -0.178. The number of ether oxygens (including phenoxy) is 1. The van der Waals surface area contributed by atoms with E-state index in [-0.39, 0.29) is 5.97 Å². The van der Waals surface area contributed by atoms with E-state index >= 15 is 0 Å². The molecule has 78 valence electrons. The van der Waals surface area contributed by atoms with Crippen LogP contribution in [0.2, 0.25) is 0 Å². The van der Waals surface area contributed by atoms with Crippen LogP contribution < -0.4 is 0 Å². The third-order valence-corrected chi connectivity index (χ3v) is 3.82. The predicted octanol–water partition coefficient (Wildman–Crippen LogP) is 2.42. The first-order valence-electron chi connectivity index (χ1n) is 4.36. The molecule has 0 fully saturated rings. The number of carbonyl (C=O) groups is 1. The molecule has 3 nitrogen and oxygen atoms in total. The van der Waals surface area contributed by atoms with Crippen LogP contribution in [-0.4, -0.2) is 23.3 Å². The number of thiazole rings is 1. The Morgan fingerprint density at radius 1 is 1.57 bits per heavy atom. The zero-order valence-corrected chi connectivity index (χ0v) is 10.1. The normalized spacial score (nSPS) is 10.2. The maximum atomic E-state index is 11.0. The van der Waals surface area contributed by atoms with Gasteiger partial charge >= 0.3 is 5.97 Å². The summed E-state index contributed by atoms with van der Waals surface area (Å²) in [5, 5.41) is 0. The van der Waals surface area contributed by atoms with E-state index in [0.717, 1.165) is 10.0 Å². The minimum absolute atomic E-state index is 0.178. The van der Waals surface area contributed by atoms with E-state index in [1.807, 2.05) is 13.8 Å². The molecule has 0 N–H and O–H groups in total. The fraction of sp³-hybridized carbons (Fsp3) is 0.556. The highest BCUT2D eigenvalue weighted by molar-refractivity contribution is 8.01. The second-order valence-electron chi connectivity index (χ2n) is 2.72. The van der Waals surface area contributed by atoms with Gasteiger partial charge in [0.1, 0.15) is 0 Å². The fourth-order valence-corrected chi connectivity index (χ4v) is 2.78. The van der Waals surface area contributed by atoms with Crippen molar-refractivity contribution in [1.29, 1.82) is 0 Å². The first kappa shape index (κ1) is 11.5. The molecule has 1 heterocycles. The standard InChI is InChI=1S/C9H13NO2S2/c1-4-12-8(11)5-13-9-10-6(2)7(3)14-9/h4-5H2,1-3H3. The lowest BCUT2D eigenvalue weighted by atomic mass is 10.4. The van der Waals surface area contributed by atoms with Gasteiger partial charge in [-0.25, -0.2) is 4.98 Å². The first-order valence-corrected chi connectivity index (χ1v) is 6.16. The molecular weight excluding hydrogens is 218 g/mol.